The minimum atomic E-state index is -1.06. The van der Waals surface area contributed by atoms with E-state index in [2.05, 4.69) is 15.7 Å². The lowest BCUT2D eigenvalue weighted by atomic mass is 9.94. The standard InChI is InChI=1S/C26H35N5O4/c1-4-30-24(33)22-16-21(23(32)27-15-14-18-10-12-20(13-11-18)35-5-2)29-31(22)17-26(30,3)25(34)28-19-8-6-7-9-19/h10-13,16,19H,4-9,14-15,17H2,1-3H3,(H,27,32)(H,28,34)/t26-/m0/s1. The fourth-order valence-electron chi connectivity index (χ4n) is 4.99. The largest absolute Gasteiger partial charge is 0.494 e. The molecule has 1 aromatic carbocycles. The number of aromatic nitrogens is 2. The molecule has 1 fully saturated rings. The van der Waals surface area contributed by atoms with Gasteiger partial charge in [-0.1, -0.05) is 25.0 Å². The monoisotopic (exact) mass is 481 g/mol. The van der Waals surface area contributed by atoms with E-state index in [9.17, 15) is 14.4 Å². The lowest BCUT2D eigenvalue weighted by Crippen LogP contribution is -2.64. The summed E-state index contributed by atoms with van der Waals surface area (Å²) in [6, 6.07) is 9.45. The zero-order valence-corrected chi connectivity index (χ0v) is 20.8. The number of hydrogen-bond donors (Lipinski definition) is 2. The first kappa shape index (κ1) is 24.8. The fraction of sp³-hybridized carbons (Fsp3) is 0.538. The van der Waals surface area contributed by atoms with Gasteiger partial charge < -0.3 is 20.3 Å². The summed E-state index contributed by atoms with van der Waals surface area (Å²) in [6.45, 7) is 7.23. The molecular formula is C26H35N5O4. The molecule has 1 aliphatic heterocycles. The van der Waals surface area contributed by atoms with Gasteiger partial charge in [-0.15, -0.1) is 0 Å². The molecule has 1 saturated carbocycles. The number of rotatable bonds is 9. The number of nitrogens with one attached hydrogen (secondary N) is 2. The summed E-state index contributed by atoms with van der Waals surface area (Å²) in [5.41, 5.74) is 0.524. The highest BCUT2D eigenvalue weighted by Crippen LogP contribution is 2.28. The van der Waals surface area contributed by atoms with Crippen LogP contribution in [-0.2, 0) is 17.8 Å². The first-order valence-corrected chi connectivity index (χ1v) is 12.6. The van der Waals surface area contributed by atoms with Crippen molar-refractivity contribution in [3.8, 4) is 5.75 Å². The number of carbonyl (C=O) groups is 3. The summed E-state index contributed by atoms with van der Waals surface area (Å²) in [4.78, 5) is 40.8. The summed E-state index contributed by atoms with van der Waals surface area (Å²) in [7, 11) is 0. The van der Waals surface area contributed by atoms with E-state index in [-0.39, 0.29) is 36.0 Å². The molecule has 0 spiro atoms. The average molecular weight is 482 g/mol. The van der Waals surface area contributed by atoms with Gasteiger partial charge in [0.2, 0.25) is 5.91 Å². The Bertz CT molecular complexity index is 1070. The van der Waals surface area contributed by atoms with Crippen molar-refractivity contribution in [3.05, 3.63) is 47.3 Å². The summed E-state index contributed by atoms with van der Waals surface area (Å²) in [5, 5.41) is 10.4. The second-order valence-corrected chi connectivity index (χ2v) is 9.43. The first-order chi connectivity index (χ1) is 16.9. The highest BCUT2D eigenvalue weighted by atomic mass is 16.5. The fourth-order valence-corrected chi connectivity index (χ4v) is 4.99. The summed E-state index contributed by atoms with van der Waals surface area (Å²) in [6.07, 6.45) is 4.82. The number of likely N-dealkylation sites (N-methyl/N-ethyl adjacent to an activating group) is 1. The second-order valence-electron chi connectivity index (χ2n) is 9.43. The Labute approximate surface area is 206 Å². The van der Waals surface area contributed by atoms with Gasteiger partial charge in [0.25, 0.3) is 11.8 Å². The van der Waals surface area contributed by atoms with Gasteiger partial charge in [0.05, 0.1) is 13.2 Å². The smallest absolute Gasteiger partial charge is 0.273 e. The van der Waals surface area contributed by atoms with E-state index in [1.165, 1.54) is 10.7 Å². The molecule has 0 saturated heterocycles. The van der Waals surface area contributed by atoms with Gasteiger partial charge in [0.15, 0.2) is 5.69 Å². The van der Waals surface area contributed by atoms with Crippen LogP contribution in [0.1, 0.15) is 73.0 Å². The molecule has 0 unspecified atom stereocenters. The Balaban J connectivity index is 1.41. The molecule has 2 aliphatic rings. The number of amides is 3. The van der Waals surface area contributed by atoms with Crippen molar-refractivity contribution in [1.29, 1.82) is 0 Å². The molecule has 35 heavy (non-hydrogen) atoms. The third-order valence-corrected chi connectivity index (χ3v) is 6.96. The van der Waals surface area contributed by atoms with Crippen molar-refractivity contribution in [2.45, 2.75) is 71.0 Å². The molecular weight excluding hydrogens is 446 g/mol. The number of ether oxygens (including phenoxy) is 1. The predicted molar refractivity (Wildman–Crippen MR) is 131 cm³/mol. The maximum Gasteiger partial charge on any atom is 0.273 e. The molecule has 3 amide bonds. The van der Waals surface area contributed by atoms with E-state index >= 15 is 0 Å². The van der Waals surface area contributed by atoms with Gasteiger partial charge in [-0.25, -0.2) is 0 Å². The molecule has 1 aliphatic carbocycles. The Morgan fingerprint density at radius 3 is 2.54 bits per heavy atom. The molecule has 1 aromatic heterocycles. The van der Waals surface area contributed by atoms with Crippen LogP contribution in [0.4, 0.5) is 0 Å². The lowest BCUT2D eigenvalue weighted by molar-refractivity contribution is -0.133. The van der Waals surface area contributed by atoms with Gasteiger partial charge in [0, 0.05) is 25.2 Å². The van der Waals surface area contributed by atoms with E-state index in [0.717, 1.165) is 37.0 Å². The molecule has 2 N–H and O–H groups in total. The Kier molecular flexibility index (Phi) is 7.42. The normalized spacial score (nSPS) is 20.0. The number of hydrogen-bond acceptors (Lipinski definition) is 5. The third-order valence-electron chi connectivity index (χ3n) is 6.96. The number of carbonyl (C=O) groups excluding carboxylic acids is 3. The van der Waals surface area contributed by atoms with Crippen LogP contribution in [0, 0.1) is 0 Å². The molecule has 188 valence electrons. The van der Waals surface area contributed by atoms with Crippen LogP contribution >= 0.6 is 0 Å². The molecule has 9 nitrogen and oxygen atoms in total. The van der Waals surface area contributed by atoms with E-state index in [1.807, 2.05) is 38.1 Å². The lowest BCUT2D eigenvalue weighted by Gasteiger charge is -2.43. The molecule has 9 heteroatoms. The highest BCUT2D eigenvalue weighted by molar-refractivity contribution is 6.01. The van der Waals surface area contributed by atoms with Gasteiger partial charge in [-0.3, -0.25) is 19.1 Å². The van der Waals surface area contributed by atoms with Crippen LogP contribution in [0.25, 0.3) is 0 Å². The number of nitrogens with zero attached hydrogens (tertiary/aromatic N) is 3. The van der Waals surface area contributed by atoms with Crippen molar-refractivity contribution < 1.29 is 19.1 Å². The minimum absolute atomic E-state index is 0.156. The van der Waals surface area contributed by atoms with Crippen molar-refractivity contribution in [2.75, 3.05) is 19.7 Å². The van der Waals surface area contributed by atoms with E-state index in [1.54, 1.807) is 11.8 Å². The van der Waals surface area contributed by atoms with Crippen LogP contribution in [0.2, 0.25) is 0 Å². The predicted octanol–water partition coefficient (Wildman–Crippen LogP) is 2.55. The quantitative estimate of drug-likeness (QED) is 0.573. The van der Waals surface area contributed by atoms with Crippen molar-refractivity contribution >= 4 is 17.7 Å². The van der Waals surface area contributed by atoms with Crippen LogP contribution in [0.5, 0.6) is 5.75 Å². The molecule has 0 bridgehead atoms. The summed E-state index contributed by atoms with van der Waals surface area (Å²) >= 11 is 0. The highest BCUT2D eigenvalue weighted by Gasteiger charge is 2.48. The topological polar surface area (TPSA) is 106 Å². The van der Waals surface area contributed by atoms with Gasteiger partial charge in [-0.2, -0.15) is 5.10 Å². The summed E-state index contributed by atoms with van der Waals surface area (Å²) in [5.74, 6) is 0.0234. The average Bonchev–Trinajstić information content (AvgIpc) is 3.50. The van der Waals surface area contributed by atoms with Crippen molar-refractivity contribution in [2.24, 2.45) is 0 Å². The van der Waals surface area contributed by atoms with Crippen LogP contribution < -0.4 is 15.4 Å². The number of benzene rings is 1. The zero-order valence-electron chi connectivity index (χ0n) is 20.8. The van der Waals surface area contributed by atoms with E-state index in [0.29, 0.717) is 31.8 Å². The van der Waals surface area contributed by atoms with Gasteiger partial charge in [0.1, 0.15) is 17.0 Å². The zero-order chi connectivity index (χ0) is 25.0. The van der Waals surface area contributed by atoms with E-state index in [4.69, 9.17) is 4.74 Å². The Morgan fingerprint density at radius 1 is 1.17 bits per heavy atom. The maximum absolute atomic E-state index is 13.3. The van der Waals surface area contributed by atoms with Crippen LogP contribution in [-0.4, -0.2) is 63.7 Å². The Morgan fingerprint density at radius 2 is 1.89 bits per heavy atom. The molecule has 0 radical (unpaired) electrons. The van der Waals surface area contributed by atoms with Gasteiger partial charge >= 0.3 is 0 Å². The van der Waals surface area contributed by atoms with Crippen molar-refractivity contribution in [3.63, 3.8) is 0 Å². The van der Waals surface area contributed by atoms with Gasteiger partial charge in [-0.05, 0) is 57.7 Å². The van der Waals surface area contributed by atoms with Crippen LogP contribution in [0.15, 0.2) is 30.3 Å². The molecule has 2 aromatic rings. The maximum atomic E-state index is 13.3. The number of fused-ring (bicyclic) bond motifs is 1. The minimum Gasteiger partial charge on any atom is -0.494 e. The molecule has 2 heterocycles. The third kappa shape index (κ3) is 5.18. The van der Waals surface area contributed by atoms with E-state index < -0.39 is 5.54 Å². The second kappa shape index (κ2) is 10.5. The SMILES string of the molecule is CCOc1ccc(CCNC(=O)c2cc3n(n2)C[C@@](C)(C(=O)NC2CCCC2)N(CC)C3=O)cc1. The Hall–Kier alpha value is -3.36. The summed E-state index contributed by atoms with van der Waals surface area (Å²) < 4.78 is 6.96. The van der Waals surface area contributed by atoms with Crippen LogP contribution in [0.3, 0.4) is 0 Å². The van der Waals surface area contributed by atoms with Crippen molar-refractivity contribution in [1.82, 2.24) is 25.3 Å². The first-order valence-electron chi connectivity index (χ1n) is 12.6. The molecule has 4 rings (SSSR count). The molecule has 1 atom stereocenters.